The van der Waals surface area contributed by atoms with Gasteiger partial charge in [-0.2, -0.15) is 0 Å². The predicted molar refractivity (Wildman–Crippen MR) is 185 cm³/mol. The number of anilines is 3. The lowest BCUT2D eigenvalue weighted by Gasteiger charge is -2.31. The van der Waals surface area contributed by atoms with E-state index in [0.717, 1.165) is 39.0 Å². The van der Waals surface area contributed by atoms with Gasteiger partial charge in [0.15, 0.2) is 0 Å². The van der Waals surface area contributed by atoms with Crippen molar-refractivity contribution >= 4 is 39.0 Å². The van der Waals surface area contributed by atoms with Crippen molar-refractivity contribution < 1.29 is 4.42 Å². The first kappa shape index (κ1) is 24.6. The van der Waals surface area contributed by atoms with Crippen molar-refractivity contribution in [3.05, 3.63) is 186 Å². The molecule has 0 saturated carbocycles. The SMILES string of the molecule is c1ccc(N(c2ccc3c(c2)-c2ccccc2C32c3ccccc3-c3ccccc32)c2cccc3oc4ccccc4c23)cc1. The molecule has 0 fully saturated rings. The van der Waals surface area contributed by atoms with Crippen LogP contribution in [0.1, 0.15) is 22.3 Å². The van der Waals surface area contributed by atoms with E-state index in [1.54, 1.807) is 0 Å². The van der Waals surface area contributed by atoms with Gasteiger partial charge in [-0.1, -0.05) is 121 Å². The van der Waals surface area contributed by atoms with E-state index in [-0.39, 0.29) is 5.41 Å². The molecule has 0 aliphatic heterocycles. The summed E-state index contributed by atoms with van der Waals surface area (Å²) in [4.78, 5) is 2.38. The standard InChI is InChI=1S/C43H27NO/c1-2-13-28(14-3-1)44(39-22-12-24-41-42(39)33-18-7-11-23-40(33)45-41)29-25-26-38-34(27-29)32-17-6-10-21-37(32)43(38)35-19-8-4-15-30(35)31-16-5-9-20-36(31)43/h1-27H. The maximum atomic E-state index is 6.34. The normalized spacial score (nSPS) is 13.5. The van der Waals surface area contributed by atoms with Crippen LogP contribution in [0.5, 0.6) is 0 Å². The largest absolute Gasteiger partial charge is 0.456 e. The van der Waals surface area contributed by atoms with Crippen molar-refractivity contribution in [1.82, 2.24) is 0 Å². The van der Waals surface area contributed by atoms with Crippen molar-refractivity contribution in [3.8, 4) is 22.3 Å². The highest BCUT2D eigenvalue weighted by atomic mass is 16.3. The van der Waals surface area contributed by atoms with Crippen LogP contribution in [-0.2, 0) is 5.41 Å². The monoisotopic (exact) mass is 573 g/mol. The first-order valence-electron chi connectivity index (χ1n) is 15.5. The number of rotatable bonds is 3. The van der Waals surface area contributed by atoms with E-state index in [1.807, 2.05) is 6.07 Å². The van der Waals surface area contributed by atoms with Gasteiger partial charge in [-0.15, -0.1) is 0 Å². The molecule has 7 aromatic carbocycles. The molecule has 0 amide bonds. The van der Waals surface area contributed by atoms with Gasteiger partial charge in [0.25, 0.3) is 0 Å². The Hall–Kier alpha value is -5.86. The molecule has 1 heterocycles. The zero-order valence-electron chi connectivity index (χ0n) is 24.4. The Morgan fingerprint density at radius 1 is 0.400 bits per heavy atom. The molecular weight excluding hydrogens is 546 g/mol. The van der Waals surface area contributed by atoms with Gasteiger partial charge >= 0.3 is 0 Å². The third kappa shape index (κ3) is 3.18. The minimum Gasteiger partial charge on any atom is -0.456 e. The van der Waals surface area contributed by atoms with Crippen LogP contribution in [0, 0.1) is 0 Å². The summed E-state index contributed by atoms with van der Waals surface area (Å²) < 4.78 is 6.34. The quantitative estimate of drug-likeness (QED) is 0.209. The zero-order chi connectivity index (χ0) is 29.5. The molecule has 10 rings (SSSR count). The lowest BCUT2D eigenvalue weighted by Crippen LogP contribution is -2.25. The summed E-state index contributed by atoms with van der Waals surface area (Å²) in [7, 11) is 0. The van der Waals surface area contributed by atoms with E-state index >= 15 is 0 Å². The van der Waals surface area contributed by atoms with E-state index in [4.69, 9.17) is 4.42 Å². The molecular formula is C43H27NO. The Kier molecular flexibility index (Phi) is 4.95. The fourth-order valence-corrected chi connectivity index (χ4v) is 8.17. The van der Waals surface area contributed by atoms with Crippen LogP contribution in [0.4, 0.5) is 17.1 Å². The van der Waals surface area contributed by atoms with Gasteiger partial charge < -0.3 is 9.32 Å². The molecule has 1 aromatic heterocycles. The number of nitrogens with zero attached hydrogens (tertiary/aromatic N) is 1. The van der Waals surface area contributed by atoms with Gasteiger partial charge in [-0.25, -0.2) is 0 Å². The van der Waals surface area contributed by atoms with Crippen molar-refractivity contribution in [1.29, 1.82) is 0 Å². The Morgan fingerprint density at radius 3 is 1.67 bits per heavy atom. The van der Waals surface area contributed by atoms with Gasteiger partial charge in [0.1, 0.15) is 11.2 Å². The number of hydrogen-bond donors (Lipinski definition) is 0. The Morgan fingerprint density at radius 2 is 0.956 bits per heavy atom. The minimum absolute atomic E-state index is 0.351. The Balaban J connectivity index is 1.27. The molecule has 1 spiro atoms. The Bertz CT molecular complexity index is 2410. The van der Waals surface area contributed by atoms with Crippen LogP contribution in [-0.4, -0.2) is 0 Å². The van der Waals surface area contributed by atoms with E-state index in [2.05, 4.69) is 163 Å². The smallest absolute Gasteiger partial charge is 0.137 e. The van der Waals surface area contributed by atoms with E-state index < -0.39 is 0 Å². The second-order valence-corrected chi connectivity index (χ2v) is 12.0. The second-order valence-electron chi connectivity index (χ2n) is 12.0. The number of hydrogen-bond acceptors (Lipinski definition) is 2. The van der Waals surface area contributed by atoms with Gasteiger partial charge in [0.05, 0.1) is 16.5 Å². The fraction of sp³-hybridized carbons (Fsp3) is 0.0233. The summed E-state index contributed by atoms with van der Waals surface area (Å²) >= 11 is 0. The molecule has 8 aromatic rings. The lowest BCUT2D eigenvalue weighted by atomic mass is 9.70. The maximum Gasteiger partial charge on any atom is 0.137 e. The van der Waals surface area contributed by atoms with Crippen LogP contribution in [0.2, 0.25) is 0 Å². The summed E-state index contributed by atoms with van der Waals surface area (Å²) in [5.41, 5.74) is 15.4. The molecule has 0 radical (unpaired) electrons. The molecule has 2 aliphatic rings. The van der Waals surface area contributed by atoms with Crippen molar-refractivity contribution in [2.45, 2.75) is 5.41 Å². The predicted octanol–water partition coefficient (Wildman–Crippen LogP) is 11.4. The molecule has 45 heavy (non-hydrogen) atoms. The second kappa shape index (κ2) is 9.07. The lowest BCUT2D eigenvalue weighted by molar-refractivity contribution is 0.669. The molecule has 0 bridgehead atoms. The van der Waals surface area contributed by atoms with E-state index in [1.165, 1.54) is 44.5 Å². The van der Waals surface area contributed by atoms with Crippen LogP contribution < -0.4 is 4.90 Å². The summed E-state index contributed by atoms with van der Waals surface area (Å²) in [6.07, 6.45) is 0. The molecule has 0 saturated heterocycles. The highest BCUT2D eigenvalue weighted by molar-refractivity contribution is 6.13. The summed E-state index contributed by atoms with van der Waals surface area (Å²) in [6.45, 7) is 0. The summed E-state index contributed by atoms with van der Waals surface area (Å²) in [6, 6.07) is 59.4. The fourth-order valence-electron chi connectivity index (χ4n) is 8.17. The summed E-state index contributed by atoms with van der Waals surface area (Å²) in [5, 5.41) is 2.24. The maximum absolute atomic E-state index is 6.34. The first-order valence-corrected chi connectivity index (χ1v) is 15.5. The highest BCUT2D eigenvalue weighted by Gasteiger charge is 2.51. The third-order valence-corrected chi connectivity index (χ3v) is 9.87. The Labute approximate surface area is 261 Å². The number of fused-ring (bicyclic) bond motifs is 13. The summed E-state index contributed by atoms with van der Waals surface area (Å²) in [5.74, 6) is 0. The number of benzene rings is 7. The average Bonchev–Trinajstić information content (AvgIpc) is 3.73. The molecule has 0 atom stereocenters. The van der Waals surface area contributed by atoms with Crippen molar-refractivity contribution in [3.63, 3.8) is 0 Å². The molecule has 2 nitrogen and oxygen atoms in total. The van der Waals surface area contributed by atoms with Crippen LogP contribution in [0.3, 0.4) is 0 Å². The highest BCUT2D eigenvalue weighted by Crippen LogP contribution is 2.63. The van der Waals surface area contributed by atoms with Crippen LogP contribution in [0.15, 0.2) is 168 Å². The molecule has 2 heteroatoms. The van der Waals surface area contributed by atoms with Crippen molar-refractivity contribution in [2.75, 3.05) is 4.90 Å². The van der Waals surface area contributed by atoms with Gasteiger partial charge in [-0.3, -0.25) is 0 Å². The van der Waals surface area contributed by atoms with Gasteiger partial charge in [-0.05, 0) is 87.0 Å². The topological polar surface area (TPSA) is 16.4 Å². The minimum atomic E-state index is -0.351. The first-order chi connectivity index (χ1) is 22.3. The van der Waals surface area contributed by atoms with E-state index in [9.17, 15) is 0 Å². The van der Waals surface area contributed by atoms with Crippen LogP contribution >= 0.6 is 0 Å². The molecule has 0 N–H and O–H groups in total. The number of furan rings is 1. The van der Waals surface area contributed by atoms with Gasteiger partial charge in [0, 0.05) is 16.8 Å². The number of para-hydroxylation sites is 2. The van der Waals surface area contributed by atoms with Gasteiger partial charge in [0.2, 0.25) is 0 Å². The zero-order valence-corrected chi connectivity index (χ0v) is 24.4. The van der Waals surface area contributed by atoms with E-state index in [0.29, 0.717) is 0 Å². The van der Waals surface area contributed by atoms with Crippen LogP contribution in [0.25, 0.3) is 44.2 Å². The molecule has 2 aliphatic carbocycles. The average molecular weight is 574 g/mol. The van der Waals surface area contributed by atoms with Crippen molar-refractivity contribution in [2.24, 2.45) is 0 Å². The molecule has 210 valence electrons. The third-order valence-electron chi connectivity index (χ3n) is 9.87. The molecule has 0 unspecified atom stereocenters.